The van der Waals surface area contributed by atoms with Crippen molar-refractivity contribution >= 4 is 11.8 Å². The molecule has 0 aliphatic heterocycles. The fourth-order valence-electron chi connectivity index (χ4n) is 9.45. The van der Waals surface area contributed by atoms with Gasteiger partial charge < -0.3 is 20.8 Å². The van der Waals surface area contributed by atoms with Crippen molar-refractivity contribution in [3.63, 3.8) is 0 Å². The molecule has 6 aromatic carbocycles. The van der Waals surface area contributed by atoms with Crippen molar-refractivity contribution in [2.45, 2.75) is 87.5 Å². The molecule has 0 bridgehead atoms. The Bertz CT molecular complexity index is 1990. The molecule has 4 N–H and O–H groups in total. The summed E-state index contributed by atoms with van der Waals surface area (Å²) in [7, 11) is 0. The Morgan fingerprint density at radius 3 is 0.983 bits per heavy atom. The van der Waals surface area contributed by atoms with Gasteiger partial charge in [-0.25, -0.2) is 0 Å². The number of aliphatic hydroxyl groups is 2. The number of amides is 2. The second-order valence-corrected chi connectivity index (χ2v) is 16.6. The number of hydrogen-bond acceptors (Lipinski definition) is 4. The molecule has 2 atom stereocenters. The smallest absolute Gasteiger partial charge is 0.238 e. The normalized spacial score (nSPS) is 14.9. The van der Waals surface area contributed by atoms with E-state index in [-0.39, 0.29) is 38.5 Å². The molecule has 0 radical (unpaired) electrons. The van der Waals surface area contributed by atoms with E-state index in [2.05, 4.69) is 0 Å². The van der Waals surface area contributed by atoms with E-state index in [0.29, 0.717) is 25.7 Å². The van der Waals surface area contributed by atoms with E-state index in [1.807, 2.05) is 182 Å². The van der Waals surface area contributed by atoms with Crippen LogP contribution in [0, 0.1) is 5.41 Å². The Kier molecular flexibility index (Phi) is 13.2. The number of rotatable bonds is 18. The summed E-state index contributed by atoms with van der Waals surface area (Å²) in [6, 6.07) is 57.6. The Balaban J connectivity index is 1.53. The van der Waals surface area contributed by atoms with Crippen LogP contribution in [0.15, 0.2) is 182 Å². The van der Waals surface area contributed by atoms with Crippen molar-refractivity contribution in [2.75, 3.05) is 0 Å². The predicted octanol–water partition coefficient (Wildman–Crippen LogP) is 8.52. The maximum absolute atomic E-state index is 16.3. The third-order valence-corrected chi connectivity index (χ3v) is 12.4. The van der Waals surface area contributed by atoms with Crippen LogP contribution in [0.1, 0.15) is 59.1 Å². The molecule has 0 spiro atoms. The minimum atomic E-state index is -1.60. The zero-order valence-electron chi connectivity index (χ0n) is 33.8. The van der Waals surface area contributed by atoms with Crippen LogP contribution in [-0.4, -0.2) is 50.2 Å². The van der Waals surface area contributed by atoms with Crippen LogP contribution in [0.2, 0.25) is 0 Å². The first-order chi connectivity index (χ1) is 28.7. The van der Waals surface area contributed by atoms with Gasteiger partial charge in [-0.15, -0.1) is 0 Å². The van der Waals surface area contributed by atoms with Gasteiger partial charge in [0.1, 0.15) is 5.41 Å². The predicted molar refractivity (Wildman–Crippen MR) is 235 cm³/mol. The lowest BCUT2D eigenvalue weighted by atomic mass is 9.72. The number of primary amides is 1. The molecule has 0 unspecified atom stereocenters. The minimum absolute atomic E-state index is 0.210. The maximum Gasteiger partial charge on any atom is 0.238 e. The first-order valence-corrected chi connectivity index (χ1v) is 21.0. The minimum Gasteiger partial charge on any atom is -0.387 e. The highest BCUT2D eigenvalue weighted by molar-refractivity contribution is 6.05. The summed E-state index contributed by atoms with van der Waals surface area (Å²) in [4.78, 5) is 32.0. The first kappa shape index (κ1) is 41.3. The summed E-state index contributed by atoms with van der Waals surface area (Å²) in [5.74, 6) is -1.09. The van der Waals surface area contributed by atoms with Crippen molar-refractivity contribution in [3.05, 3.63) is 215 Å². The number of nitrogens with zero attached hydrogens (tertiary/aromatic N) is 1. The van der Waals surface area contributed by atoms with Gasteiger partial charge in [0.05, 0.1) is 23.3 Å². The van der Waals surface area contributed by atoms with Gasteiger partial charge in [-0.3, -0.25) is 9.59 Å². The van der Waals surface area contributed by atoms with Crippen molar-refractivity contribution in [1.82, 2.24) is 4.90 Å². The van der Waals surface area contributed by atoms with Crippen molar-refractivity contribution in [1.29, 1.82) is 0 Å². The van der Waals surface area contributed by atoms with Gasteiger partial charge >= 0.3 is 0 Å². The summed E-state index contributed by atoms with van der Waals surface area (Å²) < 4.78 is 0. The van der Waals surface area contributed by atoms with Gasteiger partial charge in [-0.05, 0) is 59.1 Å². The summed E-state index contributed by atoms with van der Waals surface area (Å²) >= 11 is 0. The zero-order chi connectivity index (χ0) is 41.1. The number of nitrogens with two attached hydrogens (primary N) is 1. The van der Waals surface area contributed by atoms with E-state index in [1.165, 1.54) is 0 Å². The quantitative estimate of drug-likeness (QED) is 0.0761. The van der Waals surface area contributed by atoms with Gasteiger partial charge in [-0.2, -0.15) is 0 Å². The molecular weight excluding hydrogens is 729 g/mol. The van der Waals surface area contributed by atoms with E-state index in [9.17, 15) is 15.0 Å². The molecule has 0 saturated heterocycles. The van der Waals surface area contributed by atoms with Crippen LogP contribution in [0.4, 0.5) is 0 Å². The number of carbonyl (C=O) groups excluding carboxylic acids is 2. The molecule has 2 amide bonds. The number of benzene rings is 6. The molecule has 7 rings (SSSR count). The van der Waals surface area contributed by atoms with Crippen LogP contribution in [0.5, 0.6) is 0 Å². The van der Waals surface area contributed by atoms with Crippen LogP contribution >= 0.6 is 0 Å². The van der Waals surface area contributed by atoms with Gasteiger partial charge in [0.2, 0.25) is 11.8 Å². The summed E-state index contributed by atoms with van der Waals surface area (Å²) in [5.41, 5.74) is 7.14. The lowest BCUT2D eigenvalue weighted by molar-refractivity contribution is -0.170. The van der Waals surface area contributed by atoms with Crippen LogP contribution in [0.3, 0.4) is 0 Å². The molecule has 6 aromatic rings. The highest BCUT2D eigenvalue weighted by atomic mass is 16.3. The van der Waals surface area contributed by atoms with E-state index in [4.69, 9.17) is 5.73 Å². The van der Waals surface area contributed by atoms with E-state index in [1.54, 1.807) is 4.90 Å². The van der Waals surface area contributed by atoms with E-state index < -0.39 is 40.5 Å². The molecule has 1 fully saturated rings. The lowest BCUT2D eigenvalue weighted by Gasteiger charge is -2.53. The van der Waals surface area contributed by atoms with E-state index in [0.717, 1.165) is 33.4 Å². The topological polar surface area (TPSA) is 104 Å². The zero-order valence-corrected chi connectivity index (χ0v) is 33.8. The monoisotopic (exact) mass is 784 g/mol. The average Bonchev–Trinajstić information content (AvgIpc) is 3.77. The molecule has 302 valence electrons. The SMILES string of the molecule is NC(=O)C1(C(=O)N([C@H](Cc2ccccc2)C(O)(Cc2ccccc2)Cc2ccccc2)[C@H](Cc2ccccc2)C(O)(Cc2ccccc2)Cc2ccccc2)CCCC1. The van der Waals surface area contributed by atoms with Crippen molar-refractivity contribution in [3.8, 4) is 0 Å². The van der Waals surface area contributed by atoms with Crippen LogP contribution in [0.25, 0.3) is 0 Å². The summed E-state index contributed by atoms with van der Waals surface area (Å²) in [6.07, 6.45) is 3.31. The van der Waals surface area contributed by atoms with Crippen LogP contribution in [-0.2, 0) is 48.1 Å². The Morgan fingerprint density at radius 1 is 0.475 bits per heavy atom. The molecule has 1 aliphatic rings. The third-order valence-electron chi connectivity index (χ3n) is 12.4. The lowest BCUT2D eigenvalue weighted by Crippen LogP contribution is -2.69. The van der Waals surface area contributed by atoms with E-state index >= 15 is 4.79 Å². The molecule has 1 aliphatic carbocycles. The van der Waals surface area contributed by atoms with Gasteiger partial charge in [0.15, 0.2) is 0 Å². The highest BCUT2D eigenvalue weighted by Gasteiger charge is 2.57. The number of hydrogen-bond donors (Lipinski definition) is 3. The molecule has 6 nitrogen and oxygen atoms in total. The standard InChI is InChI=1S/C53H56N2O4/c54-49(56)51(33-19-20-34-51)50(57)55(47(35-41-21-7-1-8-22-41)52(58,37-43-25-11-3-12-26-43)38-44-27-13-4-14-28-44)48(36-42-23-9-2-10-24-42)53(59,39-45-29-15-5-16-30-45)40-46-31-17-6-18-32-46/h1-18,21-32,47-48,58-59H,19-20,33-40H2,(H2,54,56)/t47-,48-/m1/s1. The van der Waals surface area contributed by atoms with Gasteiger partial charge in [0, 0.05) is 25.7 Å². The third kappa shape index (κ3) is 9.90. The second-order valence-electron chi connectivity index (χ2n) is 16.6. The summed E-state index contributed by atoms with van der Waals surface area (Å²) in [5, 5.41) is 27.8. The Morgan fingerprint density at radius 2 is 0.729 bits per heavy atom. The first-order valence-electron chi connectivity index (χ1n) is 21.0. The molecular formula is C53H56N2O4. The second kappa shape index (κ2) is 18.8. The number of carbonyl (C=O) groups is 2. The molecule has 1 saturated carbocycles. The molecule has 6 heteroatoms. The fourth-order valence-corrected chi connectivity index (χ4v) is 9.45. The van der Waals surface area contributed by atoms with Gasteiger partial charge in [-0.1, -0.05) is 195 Å². The Labute approximate surface area is 349 Å². The van der Waals surface area contributed by atoms with Crippen molar-refractivity contribution < 1.29 is 19.8 Å². The van der Waals surface area contributed by atoms with Crippen molar-refractivity contribution in [2.24, 2.45) is 11.1 Å². The highest BCUT2D eigenvalue weighted by Crippen LogP contribution is 2.44. The molecule has 59 heavy (non-hydrogen) atoms. The largest absolute Gasteiger partial charge is 0.387 e. The average molecular weight is 785 g/mol. The fraction of sp³-hybridized carbons (Fsp3) is 0.283. The Hall–Kier alpha value is -5.82. The molecule has 0 heterocycles. The van der Waals surface area contributed by atoms with Crippen LogP contribution < -0.4 is 5.73 Å². The van der Waals surface area contributed by atoms with Gasteiger partial charge in [0.25, 0.3) is 0 Å². The molecule has 0 aromatic heterocycles. The maximum atomic E-state index is 16.3. The summed E-state index contributed by atoms with van der Waals surface area (Å²) in [6.45, 7) is 0.